The molecule has 0 radical (unpaired) electrons. The van der Waals surface area contributed by atoms with E-state index in [1.165, 1.54) is 43.5 Å². The molecule has 25 heavy (non-hydrogen) atoms. The van der Waals surface area contributed by atoms with Crippen molar-refractivity contribution in [2.45, 2.75) is 38.5 Å². The minimum atomic E-state index is 0.522. The van der Waals surface area contributed by atoms with Crippen LogP contribution in [0.15, 0.2) is 12.1 Å². The first kappa shape index (κ1) is 16.9. The number of halogens is 1. The molecule has 2 aromatic rings. The lowest BCUT2D eigenvalue weighted by molar-refractivity contribution is 0.252. The van der Waals surface area contributed by atoms with Crippen molar-refractivity contribution in [2.75, 3.05) is 33.4 Å². The van der Waals surface area contributed by atoms with Gasteiger partial charge < -0.3 is 14.4 Å². The fourth-order valence-corrected chi connectivity index (χ4v) is 4.38. The summed E-state index contributed by atoms with van der Waals surface area (Å²) in [6.07, 6.45) is 6.99. The fraction of sp³-hybridized carbons (Fsp3) is 0.550. The number of aromatic nitrogens is 1. The number of ether oxygens (including phenoxy) is 2. The van der Waals surface area contributed by atoms with Crippen LogP contribution in [0.3, 0.4) is 0 Å². The number of pyridine rings is 1. The first-order chi connectivity index (χ1) is 12.3. The molecule has 1 aromatic heterocycles. The molecule has 2 heterocycles. The topological polar surface area (TPSA) is 34.6 Å². The van der Waals surface area contributed by atoms with E-state index in [1.807, 2.05) is 6.07 Å². The molecule has 1 aromatic carbocycles. The Morgan fingerprint density at radius 2 is 2.00 bits per heavy atom. The van der Waals surface area contributed by atoms with Crippen molar-refractivity contribution in [3.63, 3.8) is 0 Å². The van der Waals surface area contributed by atoms with E-state index in [-0.39, 0.29) is 0 Å². The summed E-state index contributed by atoms with van der Waals surface area (Å²) in [6, 6.07) is 4.24. The third-order valence-corrected chi connectivity index (χ3v) is 5.72. The Bertz CT molecular complexity index is 772. The van der Waals surface area contributed by atoms with Crippen LogP contribution in [0.25, 0.3) is 10.9 Å². The van der Waals surface area contributed by atoms with Crippen LogP contribution in [0.1, 0.15) is 36.8 Å². The van der Waals surface area contributed by atoms with Gasteiger partial charge in [-0.1, -0.05) is 11.6 Å². The van der Waals surface area contributed by atoms with Crippen LogP contribution in [0.5, 0.6) is 11.6 Å². The Hall–Kier alpha value is -1.52. The zero-order valence-corrected chi connectivity index (χ0v) is 15.6. The lowest BCUT2D eigenvalue weighted by atomic mass is 10.1. The third-order valence-electron chi connectivity index (χ3n) is 5.32. The molecule has 1 fully saturated rings. The summed E-state index contributed by atoms with van der Waals surface area (Å²) < 4.78 is 11.5. The van der Waals surface area contributed by atoms with Crippen molar-refractivity contribution in [2.24, 2.45) is 0 Å². The van der Waals surface area contributed by atoms with Gasteiger partial charge in [-0.15, -0.1) is 0 Å². The van der Waals surface area contributed by atoms with Gasteiger partial charge in [-0.3, -0.25) is 0 Å². The first-order valence-electron chi connectivity index (χ1n) is 9.30. The van der Waals surface area contributed by atoms with Gasteiger partial charge in [-0.05, 0) is 74.9 Å². The van der Waals surface area contributed by atoms with Gasteiger partial charge in [-0.2, -0.15) is 0 Å². The lowest BCUT2D eigenvalue weighted by Crippen LogP contribution is -2.22. The highest BCUT2D eigenvalue weighted by Gasteiger charge is 2.20. The quantitative estimate of drug-likeness (QED) is 0.721. The predicted molar refractivity (Wildman–Crippen MR) is 101 cm³/mol. The molecule has 0 unspecified atom stereocenters. The summed E-state index contributed by atoms with van der Waals surface area (Å²) in [4.78, 5) is 7.14. The van der Waals surface area contributed by atoms with Gasteiger partial charge in [0.1, 0.15) is 0 Å². The van der Waals surface area contributed by atoms with Crippen LogP contribution in [0.4, 0.5) is 0 Å². The molecule has 4 rings (SSSR count). The number of likely N-dealkylation sites (tertiary alicyclic amines) is 1. The maximum Gasteiger partial charge on any atom is 0.257 e. The van der Waals surface area contributed by atoms with Gasteiger partial charge in [0.25, 0.3) is 5.88 Å². The monoisotopic (exact) mass is 360 g/mol. The van der Waals surface area contributed by atoms with E-state index in [0.29, 0.717) is 18.2 Å². The van der Waals surface area contributed by atoms with Crippen molar-refractivity contribution in [1.82, 2.24) is 9.88 Å². The molecular weight excluding hydrogens is 336 g/mol. The van der Waals surface area contributed by atoms with E-state index in [9.17, 15) is 0 Å². The number of aryl methyl sites for hydroxylation is 1. The molecule has 4 nitrogen and oxygen atoms in total. The van der Waals surface area contributed by atoms with Crippen LogP contribution < -0.4 is 9.47 Å². The molecule has 134 valence electrons. The van der Waals surface area contributed by atoms with Gasteiger partial charge in [0.15, 0.2) is 5.75 Å². The predicted octanol–water partition coefficient (Wildman–Crippen LogP) is 4.25. The molecule has 0 atom stereocenters. The summed E-state index contributed by atoms with van der Waals surface area (Å²) in [7, 11) is 1.63. The maximum atomic E-state index is 6.60. The van der Waals surface area contributed by atoms with Crippen LogP contribution in [-0.4, -0.2) is 43.2 Å². The zero-order valence-electron chi connectivity index (χ0n) is 14.8. The van der Waals surface area contributed by atoms with Crippen LogP contribution >= 0.6 is 11.6 Å². The molecule has 0 saturated carbocycles. The Labute approximate surface area is 154 Å². The maximum absolute atomic E-state index is 6.60. The second kappa shape index (κ2) is 7.38. The number of nitrogens with zero attached hydrogens (tertiary/aromatic N) is 2. The van der Waals surface area contributed by atoms with Gasteiger partial charge in [0.05, 0.1) is 24.3 Å². The molecule has 1 aliphatic carbocycles. The normalized spacial score (nSPS) is 17.2. The van der Waals surface area contributed by atoms with Crippen molar-refractivity contribution in [3.8, 4) is 11.6 Å². The molecule has 0 bridgehead atoms. The Balaban J connectivity index is 1.52. The highest BCUT2D eigenvalue weighted by molar-refractivity contribution is 6.36. The second-order valence-electron chi connectivity index (χ2n) is 7.00. The molecule has 1 aliphatic heterocycles. The van der Waals surface area contributed by atoms with E-state index < -0.39 is 0 Å². The average molecular weight is 361 g/mol. The Kier molecular flexibility index (Phi) is 5.00. The molecule has 0 N–H and O–H groups in total. The van der Waals surface area contributed by atoms with Crippen LogP contribution in [-0.2, 0) is 12.8 Å². The first-order valence-corrected chi connectivity index (χ1v) is 9.68. The Morgan fingerprint density at radius 3 is 2.80 bits per heavy atom. The molecular formula is C20H25ClN2O2. The smallest absolute Gasteiger partial charge is 0.257 e. The highest BCUT2D eigenvalue weighted by Crippen LogP contribution is 2.38. The van der Waals surface area contributed by atoms with Gasteiger partial charge in [0.2, 0.25) is 0 Å². The second-order valence-corrected chi connectivity index (χ2v) is 7.38. The van der Waals surface area contributed by atoms with E-state index in [0.717, 1.165) is 41.7 Å². The fourth-order valence-electron chi connectivity index (χ4n) is 4.01. The minimum absolute atomic E-state index is 0.522. The minimum Gasteiger partial charge on any atom is -0.488 e. The standard InChI is InChI=1S/C20H25ClN2O2/c1-24-20-17(25-11-5-10-23-8-2-3-9-23)13-15-12-14-6-4-7-16(14)18(21)19(15)22-20/h12-13H,2-11H2,1H3. The summed E-state index contributed by atoms with van der Waals surface area (Å²) in [5, 5.41) is 1.82. The lowest BCUT2D eigenvalue weighted by Gasteiger charge is -2.16. The van der Waals surface area contributed by atoms with E-state index in [1.54, 1.807) is 7.11 Å². The summed E-state index contributed by atoms with van der Waals surface area (Å²) in [6.45, 7) is 4.23. The SMILES string of the molecule is COc1nc2c(Cl)c3c(cc2cc1OCCCN1CCCC1)CCC3. The number of methoxy groups -OCH3 is 1. The van der Waals surface area contributed by atoms with Gasteiger partial charge >= 0.3 is 0 Å². The van der Waals surface area contributed by atoms with Crippen LogP contribution in [0.2, 0.25) is 5.02 Å². The number of fused-ring (bicyclic) bond motifs is 2. The average Bonchev–Trinajstić information content (AvgIpc) is 3.30. The summed E-state index contributed by atoms with van der Waals surface area (Å²) >= 11 is 6.60. The molecule has 0 amide bonds. The zero-order chi connectivity index (χ0) is 17.2. The number of benzene rings is 1. The number of hydrogen-bond acceptors (Lipinski definition) is 4. The Morgan fingerprint density at radius 1 is 1.16 bits per heavy atom. The van der Waals surface area contributed by atoms with Gasteiger partial charge in [0, 0.05) is 11.9 Å². The number of hydrogen-bond donors (Lipinski definition) is 0. The summed E-state index contributed by atoms with van der Waals surface area (Å²) in [5.74, 6) is 1.24. The number of rotatable bonds is 6. The van der Waals surface area contributed by atoms with E-state index >= 15 is 0 Å². The summed E-state index contributed by atoms with van der Waals surface area (Å²) in [5.41, 5.74) is 3.43. The van der Waals surface area contributed by atoms with Gasteiger partial charge in [-0.25, -0.2) is 4.98 Å². The van der Waals surface area contributed by atoms with Crippen molar-refractivity contribution in [3.05, 3.63) is 28.3 Å². The molecule has 1 saturated heterocycles. The van der Waals surface area contributed by atoms with E-state index in [2.05, 4.69) is 16.0 Å². The van der Waals surface area contributed by atoms with Crippen LogP contribution in [0, 0.1) is 0 Å². The highest BCUT2D eigenvalue weighted by atomic mass is 35.5. The molecule has 5 heteroatoms. The van der Waals surface area contributed by atoms with E-state index in [4.69, 9.17) is 21.1 Å². The molecule has 2 aliphatic rings. The largest absolute Gasteiger partial charge is 0.488 e. The van der Waals surface area contributed by atoms with Crippen molar-refractivity contribution < 1.29 is 9.47 Å². The molecule has 0 spiro atoms. The third kappa shape index (κ3) is 3.42. The van der Waals surface area contributed by atoms with Crippen molar-refractivity contribution in [1.29, 1.82) is 0 Å². The van der Waals surface area contributed by atoms with Crippen molar-refractivity contribution >= 4 is 22.5 Å².